The van der Waals surface area contributed by atoms with Crippen molar-refractivity contribution >= 4 is 44.5 Å². The average molecular weight is 316 g/mol. The Morgan fingerprint density at radius 1 is 1.71 bits per heavy atom. The summed E-state index contributed by atoms with van der Waals surface area (Å²) in [6.45, 7) is 2.24. The molecular formula is C4H14OSn2. The molecule has 0 spiro atoms. The van der Waals surface area contributed by atoms with Crippen molar-refractivity contribution in [2.24, 2.45) is 0 Å². The first kappa shape index (κ1) is 8.56. The molecule has 0 aliphatic carbocycles. The van der Waals surface area contributed by atoms with Crippen LogP contribution in [0.4, 0.5) is 0 Å². The van der Waals surface area contributed by atoms with Crippen LogP contribution in [-0.2, 0) is 1.41 Å². The van der Waals surface area contributed by atoms with E-state index in [-0.39, 0.29) is 0 Å². The van der Waals surface area contributed by atoms with Gasteiger partial charge >= 0.3 is 70.1 Å². The van der Waals surface area contributed by atoms with Crippen LogP contribution in [0, 0.1) is 0 Å². The van der Waals surface area contributed by atoms with Crippen molar-refractivity contribution < 1.29 is 1.41 Å². The quantitative estimate of drug-likeness (QED) is 0.506. The van der Waals surface area contributed by atoms with Crippen LogP contribution >= 0.6 is 0 Å². The zero-order valence-electron chi connectivity index (χ0n) is 5.24. The first-order valence-corrected chi connectivity index (χ1v) is 9.74. The summed E-state index contributed by atoms with van der Waals surface area (Å²) < 4.78 is 6.74. The van der Waals surface area contributed by atoms with Gasteiger partial charge in [0, 0.05) is 0 Å². The predicted octanol–water partition coefficient (Wildman–Crippen LogP) is -0.414. The van der Waals surface area contributed by atoms with E-state index in [0.717, 1.165) is 0 Å². The van der Waals surface area contributed by atoms with Crippen LogP contribution < -0.4 is 0 Å². The Kier molecular flexibility index (Phi) is 9.24. The molecule has 0 bridgehead atoms. The molecule has 0 rings (SSSR count). The summed E-state index contributed by atoms with van der Waals surface area (Å²) in [7, 11) is 0. The first-order chi connectivity index (χ1) is 3.41. The summed E-state index contributed by atoms with van der Waals surface area (Å²) in [5.41, 5.74) is 0. The monoisotopic (exact) mass is 318 g/mol. The van der Waals surface area contributed by atoms with Crippen LogP contribution in [0.2, 0.25) is 4.44 Å². The molecule has 0 heterocycles. The molecule has 0 radical (unpaired) electrons. The summed E-state index contributed by atoms with van der Waals surface area (Å²) in [4.78, 5) is 0. The molecule has 7 heavy (non-hydrogen) atoms. The number of unbranched alkanes of at least 4 members (excludes halogenated alkanes) is 1. The molecule has 0 N–H and O–H groups in total. The Morgan fingerprint density at radius 3 is 2.86 bits per heavy atom. The van der Waals surface area contributed by atoms with E-state index >= 15 is 0 Å². The third-order valence-corrected chi connectivity index (χ3v) is 12.2. The van der Waals surface area contributed by atoms with Crippen molar-refractivity contribution in [2.45, 2.75) is 24.2 Å². The number of hydrogen-bond acceptors (Lipinski definition) is 1. The van der Waals surface area contributed by atoms with Gasteiger partial charge in [0.25, 0.3) is 0 Å². The van der Waals surface area contributed by atoms with Gasteiger partial charge in [-0.15, -0.1) is 0 Å². The number of hydrogen-bond donors (Lipinski definition) is 0. The summed E-state index contributed by atoms with van der Waals surface area (Å²) in [5.74, 6) is 0. The van der Waals surface area contributed by atoms with E-state index in [9.17, 15) is 0 Å². The van der Waals surface area contributed by atoms with Crippen molar-refractivity contribution in [1.29, 1.82) is 0 Å². The normalized spacial score (nSPS) is 11.6. The van der Waals surface area contributed by atoms with Gasteiger partial charge in [0.05, 0.1) is 0 Å². The molecule has 0 aliphatic rings. The molecule has 0 amide bonds. The maximum atomic E-state index is 5.26. The fourth-order valence-electron chi connectivity index (χ4n) is 0.496. The molecular weight excluding hydrogens is 301 g/mol. The molecule has 0 saturated heterocycles. The van der Waals surface area contributed by atoms with E-state index in [0.29, 0.717) is 22.9 Å². The Bertz CT molecular complexity index is 28.9. The van der Waals surface area contributed by atoms with Crippen molar-refractivity contribution in [3.05, 3.63) is 0 Å². The van der Waals surface area contributed by atoms with Gasteiger partial charge in [-0.2, -0.15) is 0 Å². The van der Waals surface area contributed by atoms with Gasteiger partial charge in [-0.25, -0.2) is 0 Å². The fraction of sp³-hybridized carbons (Fsp3) is 1.00. The summed E-state index contributed by atoms with van der Waals surface area (Å²) in [6.07, 6.45) is 2.78. The van der Waals surface area contributed by atoms with E-state index in [1.807, 2.05) is 0 Å². The minimum atomic E-state index is -0.515. The maximum absolute atomic E-state index is 5.26. The number of rotatable bonds is 4. The molecule has 1 nitrogen and oxygen atoms in total. The van der Waals surface area contributed by atoms with Crippen LogP contribution in [0.25, 0.3) is 0 Å². The minimum absolute atomic E-state index is 0.515. The summed E-state index contributed by atoms with van der Waals surface area (Å²) in [6, 6.07) is 0. The Morgan fingerprint density at radius 2 is 2.43 bits per heavy atom. The van der Waals surface area contributed by atoms with E-state index in [1.165, 1.54) is 17.3 Å². The second-order valence-electron chi connectivity index (χ2n) is 1.70. The van der Waals surface area contributed by atoms with Gasteiger partial charge in [0.1, 0.15) is 0 Å². The molecule has 0 unspecified atom stereocenters. The standard InChI is InChI=1S/C4H9.O.2Sn.5H/c1-3-4-2;;;;;;;;/h1,3-4H2,2H3;;;;;;;;. The third kappa shape index (κ3) is 7.56. The van der Waals surface area contributed by atoms with Crippen molar-refractivity contribution in [1.82, 2.24) is 0 Å². The van der Waals surface area contributed by atoms with Crippen LogP contribution in [0.5, 0.6) is 0 Å². The fourth-order valence-corrected chi connectivity index (χ4v) is 8.86. The molecule has 0 aromatic rings. The topological polar surface area (TPSA) is 9.23 Å². The summed E-state index contributed by atoms with van der Waals surface area (Å²) in [5, 5.41) is 0. The van der Waals surface area contributed by atoms with Crippen molar-refractivity contribution in [3.8, 4) is 0 Å². The molecule has 44 valence electrons. The van der Waals surface area contributed by atoms with Crippen LogP contribution in [0.15, 0.2) is 0 Å². The molecule has 0 fully saturated rings. The van der Waals surface area contributed by atoms with E-state index in [4.69, 9.17) is 1.41 Å². The molecule has 0 aromatic carbocycles. The molecule has 0 atom stereocenters. The Labute approximate surface area is 69.6 Å². The second kappa shape index (κ2) is 7.56. The van der Waals surface area contributed by atoms with Crippen molar-refractivity contribution in [2.75, 3.05) is 0 Å². The van der Waals surface area contributed by atoms with Crippen LogP contribution in [0.1, 0.15) is 19.8 Å². The average Bonchev–Trinajstić information content (AvgIpc) is 1.69. The molecule has 0 aromatic heterocycles. The summed E-state index contributed by atoms with van der Waals surface area (Å²) >= 11 is 0.0541. The SMILES string of the molecule is CCC[CH2][SnH2][O][SnH3]. The first-order valence-electron chi connectivity index (χ1n) is 2.90. The van der Waals surface area contributed by atoms with E-state index < -0.39 is 21.6 Å². The Hall–Kier alpha value is 1.56. The molecule has 0 aliphatic heterocycles. The predicted molar refractivity (Wildman–Crippen MR) is 39.3 cm³/mol. The van der Waals surface area contributed by atoms with Gasteiger partial charge in [0.15, 0.2) is 0 Å². The van der Waals surface area contributed by atoms with Crippen molar-refractivity contribution in [3.63, 3.8) is 0 Å². The molecule has 0 saturated carbocycles. The second-order valence-corrected chi connectivity index (χ2v) is 17.6. The van der Waals surface area contributed by atoms with Gasteiger partial charge in [-0.05, 0) is 0 Å². The Balaban J connectivity index is 2.45. The van der Waals surface area contributed by atoms with Crippen LogP contribution in [0.3, 0.4) is 0 Å². The zero-order valence-corrected chi connectivity index (χ0v) is 15.0. The third-order valence-electron chi connectivity index (χ3n) is 0.952. The van der Waals surface area contributed by atoms with E-state index in [1.54, 1.807) is 0 Å². The molecule has 3 heteroatoms. The van der Waals surface area contributed by atoms with Gasteiger partial charge in [0.2, 0.25) is 0 Å². The zero-order chi connectivity index (χ0) is 5.54. The van der Waals surface area contributed by atoms with Crippen LogP contribution in [-0.4, -0.2) is 44.5 Å². The van der Waals surface area contributed by atoms with Gasteiger partial charge in [-0.3, -0.25) is 0 Å². The van der Waals surface area contributed by atoms with Gasteiger partial charge < -0.3 is 0 Å². The van der Waals surface area contributed by atoms with Gasteiger partial charge in [-0.1, -0.05) is 0 Å². The van der Waals surface area contributed by atoms with E-state index in [2.05, 4.69) is 6.92 Å².